The van der Waals surface area contributed by atoms with Gasteiger partial charge in [0.1, 0.15) is 0 Å². The molecule has 0 spiro atoms. The number of aromatic nitrogens is 2. The Kier molecular flexibility index (Phi) is 3.33. The molecular weight excluding hydrogens is 246 g/mol. The molecule has 0 atom stereocenters. The Morgan fingerprint density at radius 1 is 0.900 bits per heavy atom. The average Bonchev–Trinajstić information content (AvgIpc) is 2.44. The third kappa shape index (κ3) is 2.62. The lowest BCUT2D eigenvalue weighted by Crippen LogP contribution is -2.03. The van der Waals surface area contributed by atoms with Gasteiger partial charge in [0, 0.05) is 22.5 Å². The van der Waals surface area contributed by atoms with Gasteiger partial charge in [-0.1, -0.05) is 24.3 Å². The van der Waals surface area contributed by atoms with Gasteiger partial charge in [-0.25, -0.2) is 0 Å². The molecule has 3 heteroatoms. The lowest BCUT2D eigenvalue weighted by atomic mass is 10.1. The van der Waals surface area contributed by atoms with Gasteiger partial charge in [0.2, 0.25) is 0 Å². The van der Waals surface area contributed by atoms with E-state index in [9.17, 15) is 0 Å². The minimum absolute atomic E-state index is 0.717. The Bertz CT molecular complexity index is 750. The minimum atomic E-state index is 0.717. The smallest absolute Gasteiger partial charge is 0.0725 e. The van der Waals surface area contributed by atoms with Crippen LogP contribution in [0.2, 0.25) is 0 Å². The summed E-state index contributed by atoms with van der Waals surface area (Å²) < 4.78 is 0. The summed E-state index contributed by atoms with van der Waals surface area (Å²) in [6.07, 6.45) is 0. The number of nitrogens with zero attached hydrogens (tertiary/aromatic N) is 2. The Hall–Kier alpha value is -2.42. The molecule has 3 rings (SSSR count). The Morgan fingerprint density at radius 3 is 2.60 bits per heavy atom. The first-order valence-corrected chi connectivity index (χ1v) is 6.75. The first-order chi connectivity index (χ1) is 9.72. The highest BCUT2D eigenvalue weighted by Crippen LogP contribution is 2.23. The van der Waals surface area contributed by atoms with E-state index in [-0.39, 0.29) is 0 Å². The zero-order chi connectivity index (χ0) is 13.9. The van der Waals surface area contributed by atoms with Crippen molar-refractivity contribution in [2.45, 2.75) is 20.4 Å². The molecule has 1 N–H and O–H groups in total. The van der Waals surface area contributed by atoms with E-state index in [4.69, 9.17) is 0 Å². The van der Waals surface area contributed by atoms with E-state index in [0.717, 1.165) is 40.2 Å². The fraction of sp³-hybridized carbons (Fsp3) is 0.176. The third-order valence-electron chi connectivity index (χ3n) is 3.25. The molecule has 0 aliphatic rings. The molecule has 0 aliphatic carbocycles. The summed E-state index contributed by atoms with van der Waals surface area (Å²) >= 11 is 0. The summed E-state index contributed by atoms with van der Waals surface area (Å²) in [7, 11) is 0. The molecular formula is C17H17N3. The molecule has 3 nitrogen and oxygen atoms in total. The van der Waals surface area contributed by atoms with Gasteiger partial charge in [0.25, 0.3) is 0 Å². The number of anilines is 1. The minimum Gasteiger partial charge on any atom is -0.379 e. The molecule has 0 aliphatic heterocycles. The second kappa shape index (κ2) is 5.29. The van der Waals surface area contributed by atoms with Crippen LogP contribution < -0.4 is 5.32 Å². The fourth-order valence-electron chi connectivity index (χ4n) is 2.34. The number of aryl methyl sites for hydroxylation is 2. The molecule has 0 unspecified atom stereocenters. The topological polar surface area (TPSA) is 37.8 Å². The summed E-state index contributed by atoms with van der Waals surface area (Å²) in [5.74, 6) is 0. The van der Waals surface area contributed by atoms with Crippen LogP contribution >= 0.6 is 0 Å². The molecule has 0 saturated heterocycles. The molecule has 0 amide bonds. The number of nitrogens with one attached hydrogen (secondary N) is 1. The summed E-state index contributed by atoms with van der Waals surface area (Å²) in [5, 5.41) is 4.61. The van der Waals surface area contributed by atoms with Gasteiger partial charge < -0.3 is 5.32 Å². The van der Waals surface area contributed by atoms with Crippen LogP contribution in [-0.2, 0) is 6.54 Å². The van der Waals surface area contributed by atoms with E-state index < -0.39 is 0 Å². The van der Waals surface area contributed by atoms with Crippen molar-refractivity contribution in [2.75, 3.05) is 5.32 Å². The third-order valence-corrected chi connectivity index (χ3v) is 3.25. The molecule has 100 valence electrons. The highest BCUT2D eigenvalue weighted by Gasteiger charge is 2.03. The molecule has 0 bridgehead atoms. The fourth-order valence-corrected chi connectivity index (χ4v) is 2.34. The van der Waals surface area contributed by atoms with Crippen LogP contribution in [0.15, 0.2) is 48.5 Å². The monoisotopic (exact) mass is 263 g/mol. The first kappa shape index (κ1) is 12.6. The van der Waals surface area contributed by atoms with E-state index in [1.54, 1.807) is 0 Å². The van der Waals surface area contributed by atoms with Crippen molar-refractivity contribution in [3.63, 3.8) is 0 Å². The number of hydrogen-bond acceptors (Lipinski definition) is 3. The van der Waals surface area contributed by atoms with Gasteiger partial charge in [-0.2, -0.15) is 0 Å². The van der Waals surface area contributed by atoms with E-state index >= 15 is 0 Å². The normalized spacial score (nSPS) is 10.7. The molecule has 2 heterocycles. The van der Waals surface area contributed by atoms with Crippen LogP contribution in [0.3, 0.4) is 0 Å². The molecule has 2 aromatic heterocycles. The lowest BCUT2D eigenvalue weighted by molar-refractivity contribution is 1.02. The molecule has 0 radical (unpaired) electrons. The van der Waals surface area contributed by atoms with Gasteiger partial charge in [0.15, 0.2) is 0 Å². The Balaban J connectivity index is 1.91. The SMILES string of the molecule is Cc1cccc(CNc2cc(C)nc3ccccc23)n1. The highest BCUT2D eigenvalue weighted by atomic mass is 14.9. The zero-order valence-corrected chi connectivity index (χ0v) is 11.7. The maximum absolute atomic E-state index is 4.55. The van der Waals surface area contributed by atoms with Crippen LogP contribution in [0.5, 0.6) is 0 Å². The number of pyridine rings is 2. The van der Waals surface area contributed by atoms with Crippen molar-refractivity contribution >= 4 is 16.6 Å². The van der Waals surface area contributed by atoms with Gasteiger partial charge >= 0.3 is 0 Å². The van der Waals surface area contributed by atoms with Crippen LogP contribution in [0.1, 0.15) is 17.1 Å². The van der Waals surface area contributed by atoms with Crippen molar-refractivity contribution < 1.29 is 0 Å². The molecule has 0 saturated carbocycles. The zero-order valence-electron chi connectivity index (χ0n) is 11.7. The summed E-state index contributed by atoms with van der Waals surface area (Å²) in [6.45, 7) is 4.74. The van der Waals surface area contributed by atoms with E-state index in [2.05, 4.69) is 27.4 Å². The predicted molar refractivity (Wildman–Crippen MR) is 82.8 cm³/mol. The number of benzene rings is 1. The Morgan fingerprint density at radius 2 is 1.75 bits per heavy atom. The first-order valence-electron chi connectivity index (χ1n) is 6.75. The Labute approximate surface area is 118 Å². The van der Waals surface area contributed by atoms with Gasteiger partial charge in [-0.15, -0.1) is 0 Å². The summed E-state index contributed by atoms with van der Waals surface area (Å²) in [6, 6.07) is 16.3. The second-order valence-electron chi connectivity index (χ2n) is 4.95. The van der Waals surface area contributed by atoms with Crippen molar-refractivity contribution in [3.8, 4) is 0 Å². The van der Waals surface area contributed by atoms with Crippen molar-refractivity contribution in [1.29, 1.82) is 0 Å². The van der Waals surface area contributed by atoms with Crippen LogP contribution in [0.25, 0.3) is 10.9 Å². The summed E-state index contributed by atoms with van der Waals surface area (Å²) in [4.78, 5) is 9.06. The van der Waals surface area contributed by atoms with Crippen LogP contribution in [-0.4, -0.2) is 9.97 Å². The highest BCUT2D eigenvalue weighted by molar-refractivity contribution is 5.91. The predicted octanol–water partition coefficient (Wildman–Crippen LogP) is 3.86. The number of para-hydroxylation sites is 1. The molecule has 1 aromatic carbocycles. The van der Waals surface area contributed by atoms with E-state index in [0.29, 0.717) is 0 Å². The van der Waals surface area contributed by atoms with Crippen molar-refractivity contribution in [2.24, 2.45) is 0 Å². The maximum atomic E-state index is 4.55. The number of fused-ring (bicyclic) bond motifs is 1. The maximum Gasteiger partial charge on any atom is 0.0725 e. The van der Waals surface area contributed by atoms with Gasteiger partial charge in [-0.05, 0) is 38.1 Å². The van der Waals surface area contributed by atoms with Crippen molar-refractivity contribution in [1.82, 2.24) is 9.97 Å². The quantitative estimate of drug-likeness (QED) is 0.779. The standard InChI is InChI=1S/C17H17N3/c1-12-6-5-7-14(19-12)11-18-17-10-13(2)20-16-9-4-3-8-15(16)17/h3-10H,11H2,1-2H3,(H,18,20). The molecule has 0 fully saturated rings. The van der Waals surface area contributed by atoms with Gasteiger partial charge in [0.05, 0.1) is 17.8 Å². The molecule has 20 heavy (non-hydrogen) atoms. The van der Waals surface area contributed by atoms with Crippen molar-refractivity contribution in [3.05, 3.63) is 65.6 Å². The second-order valence-corrected chi connectivity index (χ2v) is 4.95. The van der Waals surface area contributed by atoms with Crippen LogP contribution in [0, 0.1) is 13.8 Å². The largest absolute Gasteiger partial charge is 0.379 e. The average molecular weight is 263 g/mol. The number of hydrogen-bond donors (Lipinski definition) is 1. The van der Waals surface area contributed by atoms with E-state index in [1.165, 1.54) is 0 Å². The van der Waals surface area contributed by atoms with Gasteiger partial charge in [-0.3, -0.25) is 9.97 Å². The molecule has 3 aromatic rings. The summed E-state index contributed by atoms with van der Waals surface area (Å²) in [5.41, 5.74) is 5.23. The van der Waals surface area contributed by atoms with E-state index in [1.807, 2.05) is 50.2 Å². The van der Waals surface area contributed by atoms with Crippen LogP contribution in [0.4, 0.5) is 5.69 Å². The lowest BCUT2D eigenvalue weighted by Gasteiger charge is -2.10. The number of rotatable bonds is 3.